The molecule has 1 fully saturated rings. The molecule has 1 aromatic carbocycles. The van der Waals surface area contributed by atoms with Crippen LogP contribution in [0.1, 0.15) is 39.2 Å². The molecule has 0 spiro atoms. The van der Waals surface area contributed by atoms with Crippen molar-refractivity contribution in [1.82, 2.24) is 4.90 Å². The number of ether oxygens (including phenoxy) is 2. The van der Waals surface area contributed by atoms with E-state index >= 15 is 0 Å². The van der Waals surface area contributed by atoms with Crippen LogP contribution in [-0.4, -0.2) is 41.9 Å². The lowest BCUT2D eigenvalue weighted by Gasteiger charge is -2.39. The minimum atomic E-state index is -0.898. The fraction of sp³-hybridized carbons (Fsp3) is 0.588. The third kappa shape index (κ3) is 3.91. The third-order valence-corrected chi connectivity index (χ3v) is 3.87. The predicted molar refractivity (Wildman–Crippen MR) is 83.9 cm³/mol. The van der Waals surface area contributed by atoms with Crippen molar-refractivity contribution in [2.24, 2.45) is 0 Å². The van der Waals surface area contributed by atoms with Crippen LogP contribution in [0.15, 0.2) is 24.3 Å². The molecule has 1 heterocycles. The van der Waals surface area contributed by atoms with Crippen molar-refractivity contribution in [2.75, 3.05) is 20.2 Å². The smallest absolute Gasteiger partial charge is 0.410 e. The highest BCUT2D eigenvalue weighted by Crippen LogP contribution is 2.34. The van der Waals surface area contributed by atoms with Crippen LogP contribution in [0.4, 0.5) is 4.79 Å². The second-order valence-corrected chi connectivity index (χ2v) is 6.73. The molecule has 5 nitrogen and oxygen atoms in total. The summed E-state index contributed by atoms with van der Waals surface area (Å²) in [6.07, 6.45) is 0.682. The zero-order valence-corrected chi connectivity index (χ0v) is 13.8. The lowest BCUT2D eigenvalue weighted by Crippen LogP contribution is -2.46. The Bertz CT molecular complexity index is 510. The fourth-order valence-electron chi connectivity index (χ4n) is 2.58. The van der Waals surface area contributed by atoms with Crippen LogP contribution in [0.3, 0.4) is 0 Å². The van der Waals surface area contributed by atoms with Gasteiger partial charge in [0.05, 0.1) is 12.7 Å². The van der Waals surface area contributed by atoms with Gasteiger partial charge in [0.1, 0.15) is 11.4 Å². The van der Waals surface area contributed by atoms with Crippen LogP contribution in [0.5, 0.6) is 5.75 Å². The summed E-state index contributed by atoms with van der Waals surface area (Å²) in [4.78, 5) is 13.7. The van der Waals surface area contributed by atoms with Gasteiger partial charge in [-0.15, -0.1) is 0 Å². The van der Waals surface area contributed by atoms with Gasteiger partial charge in [0.15, 0.2) is 0 Å². The lowest BCUT2D eigenvalue weighted by molar-refractivity contribution is -0.0356. The number of piperidine rings is 1. The molecule has 0 radical (unpaired) electrons. The first kappa shape index (κ1) is 16.6. The number of carbonyl (C=O) groups is 1. The quantitative estimate of drug-likeness (QED) is 0.912. The second kappa shape index (κ2) is 6.16. The molecule has 1 aliphatic rings. The summed E-state index contributed by atoms with van der Waals surface area (Å²) >= 11 is 0. The minimum absolute atomic E-state index is 0.315. The van der Waals surface area contributed by atoms with Crippen molar-refractivity contribution < 1.29 is 19.4 Å². The van der Waals surface area contributed by atoms with Crippen LogP contribution in [0.25, 0.3) is 0 Å². The van der Waals surface area contributed by atoms with E-state index in [1.54, 1.807) is 12.0 Å². The van der Waals surface area contributed by atoms with Crippen LogP contribution in [-0.2, 0) is 10.3 Å². The molecule has 22 heavy (non-hydrogen) atoms. The summed E-state index contributed by atoms with van der Waals surface area (Å²) < 4.78 is 10.5. The zero-order valence-electron chi connectivity index (χ0n) is 13.8. The van der Waals surface area contributed by atoms with Crippen LogP contribution in [0.2, 0.25) is 0 Å². The Morgan fingerprint density at radius 2 is 1.73 bits per heavy atom. The molecule has 1 aliphatic heterocycles. The highest BCUT2D eigenvalue weighted by Gasteiger charge is 2.36. The Labute approximate surface area is 131 Å². The van der Waals surface area contributed by atoms with Crippen molar-refractivity contribution in [2.45, 2.75) is 44.8 Å². The monoisotopic (exact) mass is 307 g/mol. The third-order valence-electron chi connectivity index (χ3n) is 3.87. The number of carbonyl (C=O) groups excluding carboxylic acids is 1. The highest BCUT2D eigenvalue weighted by atomic mass is 16.6. The molecular formula is C17H25NO4. The van der Waals surface area contributed by atoms with Gasteiger partial charge < -0.3 is 19.5 Å². The summed E-state index contributed by atoms with van der Waals surface area (Å²) in [5, 5.41) is 10.8. The Morgan fingerprint density at radius 1 is 1.18 bits per heavy atom. The number of likely N-dealkylation sites (tertiary alicyclic amines) is 1. The lowest BCUT2D eigenvalue weighted by atomic mass is 9.84. The maximum atomic E-state index is 12.1. The van der Waals surface area contributed by atoms with Crippen molar-refractivity contribution in [3.05, 3.63) is 29.8 Å². The summed E-state index contributed by atoms with van der Waals surface area (Å²) in [6, 6.07) is 7.44. The van der Waals surface area contributed by atoms with Gasteiger partial charge in [-0.3, -0.25) is 0 Å². The number of rotatable bonds is 2. The molecule has 2 rings (SSSR count). The van der Waals surface area contributed by atoms with E-state index in [2.05, 4.69) is 0 Å². The number of benzene rings is 1. The van der Waals surface area contributed by atoms with E-state index in [9.17, 15) is 9.90 Å². The van der Waals surface area contributed by atoms with Gasteiger partial charge in [0, 0.05) is 13.1 Å². The van der Waals surface area contributed by atoms with E-state index in [4.69, 9.17) is 9.47 Å². The van der Waals surface area contributed by atoms with Crippen molar-refractivity contribution >= 4 is 6.09 Å². The highest BCUT2D eigenvalue weighted by molar-refractivity contribution is 5.68. The van der Waals surface area contributed by atoms with E-state index < -0.39 is 11.2 Å². The first-order valence-corrected chi connectivity index (χ1v) is 7.58. The number of hydrogen-bond acceptors (Lipinski definition) is 4. The Balaban J connectivity index is 1.99. The zero-order chi connectivity index (χ0) is 16.4. The Hall–Kier alpha value is -1.75. The summed E-state index contributed by atoms with van der Waals surface area (Å²) in [6.45, 7) is 6.52. The molecule has 0 aromatic heterocycles. The molecule has 1 amide bonds. The molecule has 1 N–H and O–H groups in total. The maximum absolute atomic E-state index is 12.1. The van der Waals surface area contributed by atoms with Crippen molar-refractivity contribution in [3.8, 4) is 5.75 Å². The molecule has 122 valence electrons. The van der Waals surface area contributed by atoms with Crippen LogP contribution < -0.4 is 4.74 Å². The fourth-order valence-corrected chi connectivity index (χ4v) is 2.58. The number of aliphatic hydroxyl groups is 1. The van der Waals surface area contributed by atoms with Gasteiger partial charge in [-0.25, -0.2) is 4.79 Å². The number of methoxy groups -OCH3 is 1. The van der Waals surface area contributed by atoms with Gasteiger partial charge in [0.25, 0.3) is 0 Å². The predicted octanol–water partition coefficient (Wildman–Crippen LogP) is 2.91. The number of amides is 1. The minimum Gasteiger partial charge on any atom is -0.497 e. The van der Waals surface area contributed by atoms with Crippen molar-refractivity contribution in [1.29, 1.82) is 0 Å². The van der Waals surface area contributed by atoms with Gasteiger partial charge in [-0.05, 0) is 51.3 Å². The van der Waals surface area contributed by atoms with Gasteiger partial charge in [-0.1, -0.05) is 12.1 Å². The Kier molecular flexibility index (Phi) is 4.66. The number of nitrogens with zero attached hydrogens (tertiary/aromatic N) is 1. The second-order valence-electron chi connectivity index (χ2n) is 6.73. The van der Waals surface area contributed by atoms with E-state index in [1.807, 2.05) is 45.0 Å². The molecule has 0 saturated carbocycles. The number of hydrogen-bond donors (Lipinski definition) is 1. The molecule has 0 unspecified atom stereocenters. The van der Waals surface area contributed by atoms with Gasteiger partial charge >= 0.3 is 6.09 Å². The van der Waals surface area contributed by atoms with E-state index in [-0.39, 0.29) is 6.09 Å². The van der Waals surface area contributed by atoms with Gasteiger partial charge in [-0.2, -0.15) is 0 Å². The summed E-state index contributed by atoms with van der Waals surface area (Å²) in [7, 11) is 1.61. The SMILES string of the molecule is COc1ccc(C2(O)CCN(C(=O)OC(C)(C)C)CC2)cc1. The van der Waals surface area contributed by atoms with Gasteiger partial charge in [0.2, 0.25) is 0 Å². The van der Waals surface area contributed by atoms with Crippen molar-refractivity contribution in [3.63, 3.8) is 0 Å². The van der Waals surface area contributed by atoms with E-state index in [0.29, 0.717) is 25.9 Å². The Morgan fingerprint density at radius 3 is 2.18 bits per heavy atom. The standard InChI is InChI=1S/C17H25NO4/c1-16(2,3)22-15(19)18-11-9-17(20,10-12-18)13-5-7-14(21-4)8-6-13/h5-8,20H,9-12H2,1-4H3. The maximum Gasteiger partial charge on any atom is 0.410 e. The largest absolute Gasteiger partial charge is 0.497 e. The summed E-state index contributed by atoms with van der Waals surface area (Å²) in [5.74, 6) is 0.763. The molecule has 5 heteroatoms. The topological polar surface area (TPSA) is 59.0 Å². The normalized spacial score (nSPS) is 18.0. The first-order chi connectivity index (χ1) is 10.2. The molecule has 0 atom stereocenters. The molecule has 0 bridgehead atoms. The molecule has 1 saturated heterocycles. The van der Waals surface area contributed by atoms with Crippen LogP contribution >= 0.6 is 0 Å². The molecule has 1 aromatic rings. The van der Waals surface area contributed by atoms with E-state index in [0.717, 1.165) is 11.3 Å². The first-order valence-electron chi connectivity index (χ1n) is 7.58. The van der Waals surface area contributed by atoms with Crippen LogP contribution in [0, 0.1) is 0 Å². The van der Waals surface area contributed by atoms with E-state index in [1.165, 1.54) is 0 Å². The average molecular weight is 307 g/mol. The molecule has 0 aliphatic carbocycles. The molecular weight excluding hydrogens is 282 g/mol. The average Bonchev–Trinajstić information content (AvgIpc) is 2.46. The summed E-state index contributed by atoms with van der Waals surface area (Å²) in [5.41, 5.74) is -0.539.